The van der Waals surface area contributed by atoms with E-state index in [4.69, 9.17) is 9.47 Å². The summed E-state index contributed by atoms with van der Waals surface area (Å²) in [4.78, 5) is 21.0. The number of nitrogens with zero attached hydrogens (tertiary/aromatic N) is 3. The van der Waals surface area contributed by atoms with Gasteiger partial charge in [-0.25, -0.2) is 9.78 Å². The molecule has 1 aliphatic heterocycles. The van der Waals surface area contributed by atoms with Crippen molar-refractivity contribution >= 4 is 6.09 Å². The molecule has 122 valence electrons. The van der Waals surface area contributed by atoms with Crippen molar-refractivity contribution in [3.8, 4) is 5.88 Å². The standard InChI is InChI=1S/C15H22FN3O3/c1-15(2,3)22-14(20)19-6-4-11(5-7-19)9-21-13-12(16)8-17-10-18-13/h8,10-11H,4-7,9H2,1-3H3. The molecule has 1 fully saturated rings. The molecule has 0 radical (unpaired) electrons. The van der Waals surface area contributed by atoms with Gasteiger partial charge in [0.05, 0.1) is 12.8 Å². The number of rotatable bonds is 3. The van der Waals surface area contributed by atoms with E-state index < -0.39 is 11.4 Å². The van der Waals surface area contributed by atoms with Crippen LogP contribution in [0.2, 0.25) is 0 Å². The second-order valence-electron chi connectivity index (χ2n) is 6.40. The molecule has 7 heteroatoms. The number of carbonyl (C=O) groups excluding carboxylic acids is 1. The van der Waals surface area contributed by atoms with Crippen molar-refractivity contribution < 1.29 is 18.7 Å². The van der Waals surface area contributed by atoms with E-state index in [0.29, 0.717) is 19.7 Å². The molecule has 0 spiro atoms. The average Bonchev–Trinajstić information content (AvgIpc) is 2.45. The maximum absolute atomic E-state index is 13.3. The summed E-state index contributed by atoms with van der Waals surface area (Å²) in [5.41, 5.74) is -0.485. The van der Waals surface area contributed by atoms with Crippen LogP contribution in [-0.2, 0) is 4.74 Å². The molecule has 22 heavy (non-hydrogen) atoms. The maximum atomic E-state index is 13.3. The van der Waals surface area contributed by atoms with Gasteiger partial charge >= 0.3 is 6.09 Å². The third-order valence-corrected chi connectivity index (χ3v) is 3.36. The molecule has 2 rings (SSSR count). The molecule has 6 nitrogen and oxygen atoms in total. The van der Waals surface area contributed by atoms with Crippen molar-refractivity contribution in [1.29, 1.82) is 0 Å². The lowest BCUT2D eigenvalue weighted by atomic mass is 9.98. The second kappa shape index (κ2) is 6.89. The van der Waals surface area contributed by atoms with E-state index in [2.05, 4.69) is 9.97 Å². The number of halogens is 1. The highest BCUT2D eigenvalue weighted by Gasteiger charge is 2.27. The van der Waals surface area contributed by atoms with Gasteiger partial charge in [-0.3, -0.25) is 0 Å². The van der Waals surface area contributed by atoms with Crippen molar-refractivity contribution in [3.05, 3.63) is 18.3 Å². The van der Waals surface area contributed by atoms with Crippen LogP contribution >= 0.6 is 0 Å². The van der Waals surface area contributed by atoms with Crippen molar-refractivity contribution in [3.63, 3.8) is 0 Å². The fraction of sp³-hybridized carbons (Fsp3) is 0.667. The van der Waals surface area contributed by atoms with Crippen LogP contribution in [0, 0.1) is 11.7 Å². The Hall–Kier alpha value is -1.92. The quantitative estimate of drug-likeness (QED) is 0.858. The smallest absolute Gasteiger partial charge is 0.410 e. The largest absolute Gasteiger partial charge is 0.475 e. The van der Waals surface area contributed by atoms with E-state index in [1.165, 1.54) is 6.33 Å². The Balaban J connectivity index is 1.76. The Morgan fingerprint density at radius 3 is 2.68 bits per heavy atom. The lowest BCUT2D eigenvalue weighted by Gasteiger charge is -2.33. The Kier molecular flexibility index (Phi) is 5.15. The number of piperidine rings is 1. The molecule has 1 amide bonds. The van der Waals surface area contributed by atoms with Crippen molar-refractivity contribution in [2.75, 3.05) is 19.7 Å². The maximum Gasteiger partial charge on any atom is 0.410 e. The molecule has 1 aromatic heterocycles. The first-order valence-corrected chi connectivity index (χ1v) is 7.41. The molecule has 0 N–H and O–H groups in total. The Morgan fingerprint density at radius 2 is 2.09 bits per heavy atom. The predicted octanol–water partition coefficient (Wildman–Crippen LogP) is 2.64. The Bertz CT molecular complexity index is 511. The SMILES string of the molecule is CC(C)(C)OC(=O)N1CCC(COc2ncncc2F)CC1. The van der Waals surface area contributed by atoms with Crippen molar-refractivity contribution in [2.24, 2.45) is 5.92 Å². The van der Waals surface area contributed by atoms with Crippen molar-refractivity contribution in [2.45, 2.75) is 39.2 Å². The van der Waals surface area contributed by atoms with Crippen LogP contribution in [0.5, 0.6) is 5.88 Å². The minimum absolute atomic E-state index is 0.0235. The summed E-state index contributed by atoms with van der Waals surface area (Å²) in [6.45, 7) is 7.17. The lowest BCUT2D eigenvalue weighted by Crippen LogP contribution is -2.42. The summed E-state index contributed by atoms with van der Waals surface area (Å²) < 4.78 is 24.1. The number of likely N-dealkylation sites (tertiary alicyclic amines) is 1. The zero-order valence-corrected chi connectivity index (χ0v) is 13.2. The van der Waals surface area contributed by atoms with Gasteiger partial charge in [0.1, 0.15) is 11.9 Å². The molecule has 1 aromatic rings. The first-order chi connectivity index (χ1) is 10.3. The molecule has 0 saturated carbocycles. The van der Waals surface area contributed by atoms with Gasteiger partial charge in [-0.1, -0.05) is 0 Å². The zero-order chi connectivity index (χ0) is 16.2. The van der Waals surface area contributed by atoms with Crippen LogP contribution < -0.4 is 4.74 Å². The first kappa shape index (κ1) is 16.5. The van der Waals surface area contributed by atoms with Gasteiger partial charge in [-0.15, -0.1) is 0 Å². The molecule has 0 aliphatic carbocycles. The monoisotopic (exact) mass is 311 g/mol. The molecule has 0 aromatic carbocycles. The number of ether oxygens (including phenoxy) is 2. The highest BCUT2D eigenvalue weighted by atomic mass is 19.1. The molecule has 1 aliphatic rings. The topological polar surface area (TPSA) is 64.5 Å². The van der Waals surface area contributed by atoms with Gasteiger partial charge in [0, 0.05) is 13.1 Å². The van der Waals surface area contributed by atoms with E-state index in [1.807, 2.05) is 20.8 Å². The van der Waals surface area contributed by atoms with Crippen LogP contribution in [-0.4, -0.2) is 46.3 Å². The van der Waals surface area contributed by atoms with Gasteiger partial charge in [-0.2, -0.15) is 9.37 Å². The molecule has 0 bridgehead atoms. The first-order valence-electron chi connectivity index (χ1n) is 7.41. The van der Waals surface area contributed by atoms with E-state index in [0.717, 1.165) is 19.0 Å². The van der Waals surface area contributed by atoms with Crippen LogP contribution in [0.1, 0.15) is 33.6 Å². The summed E-state index contributed by atoms with van der Waals surface area (Å²) in [6, 6.07) is 0. The summed E-state index contributed by atoms with van der Waals surface area (Å²) in [6.07, 6.45) is 3.64. The molecular formula is C15H22FN3O3. The fourth-order valence-electron chi connectivity index (χ4n) is 2.21. The van der Waals surface area contributed by atoms with Gasteiger partial charge in [0.2, 0.25) is 5.82 Å². The minimum Gasteiger partial charge on any atom is -0.475 e. The van der Waals surface area contributed by atoms with E-state index >= 15 is 0 Å². The van der Waals surface area contributed by atoms with E-state index in [9.17, 15) is 9.18 Å². The third-order valence-electron chi connectivity index (χ3n) is 3.36. The molecule has 2 heterocycles. The van der Waals surface area contributed by atoms with Gasteiger partial charge < -0.3 is 14.4 Å². The number of carbonyl (C=O) groups is 1. The average molecular weight is 311 g/mol. The Labute approximate surface area is 129 Å². The number of hydrogen-bond donors (Lipinski definition) is 0. The Morgan fingerprint density at radius 1 is 1.41 bits per heavy atom. The second-order valence-corrected chi connectivity index (χ2v) is 6.40. The van der Waals surface area contributed by atoms with Gasteiger partial charge in [0.15, 0.2) is 0 Å². The highest BCUT2D eigenvalue weighted by Crippen LogP contribution is 2.21. The summed E-state index contributed by atoms with van der Waals surface area (Å²) in [7, 11) is 0. The van der Waals surface area contributed by atoms with Crippen LogP contribution in [0.15, 0.2) is 12.5 Å². The van der Waals surface area contributed by atoms with E-state index in [1.54, 1.807) is 4.90 Å². The molecular weight excluding hydrogens is 289 g/mol. The number of hydrogen-bond acceptors (Lipinski definition) is 5. The van der Waals surface area contributed by atoms with Crippen LogP contribution in [0.25, 0.3) is 0 Å². The molecule has 0 atom stereocenters. The highest BCUT2D eigenvalue weighted by molar-refractivity contribution is 5.68. The minimum atomic E-state index is -0.561. The fourth-order valence-corrected chi connectivity index (χ4v) is 2.21. The zero-order valence-electron chi connectivity index (χ0n) is 13.2. The van der Waals surface area contributed by atoms with E-state index in [-0.39, 0.29) is 17.9 Å². The van der Waals surface area contributed by atoms with Gasteiger partial charge in [-0.05, 0) is 39.5 Å². The normalized spacial score (nSPS) is 16.5. The summed E-state index contributed by atoms with van der Waals surface area (Å²) in [5.74, 6) is -0.314. The predicted molar refractivity (Wildman–Crippen MR) is 78.0 cm³/mol. The van der Waals surface area contributed by atoms with Crippen LogP contribution in [0.4, 0.5) is 9.18 Å². The number of amides is 1. The van der Waals surface area contributed by atoms with Gasteiger partial charge in [0.25, 0.3) is 5.88 Å². The lowest BCUT2D eigenvalue weighted by molar-refractivity contribution is 0.0163. The molecule has 1 saturated heterocycles. The summed E-state index contributed by atoms with van der Waals surface area (Å²) >= 11 is 0. The molecule has 0 unspecified atom stereocenters. The van der Waals surface area contributed by atoms with Crippen LogP contribution in [0.3, 0.4) is 0 Å². The van der Waals surface area contributed by atoms with Crippen molar-refractivity contribution in [1.82, 2.24) is 14.9 Å². The number of aromatic nitrogens is 2. The summed E-state index contributed by atoms with van der Waals surface area (Å²) in [5, 5.41) is 0. The third kappa shape index (κ3) is 4.82.